The molecule has 4 nitrogen and oxygen atoms in total. The molecule has 0 aromatic heterocycles. The molecule has 0 unspecified atom stereocenters. The van der Waals surface area contributed by atoms with Crippen LogP contribution in [0.25, 0.3) is 0 Å². The molecule has 6 heteroatoms. The van der Waals surface area contributed by atoms with E-state index >= 15 is 0 Å². The highest BCUT2D eigenvalue weighted by molar-refractivity contribution is 6.46. The first-order valence-electron chi connectivity index (χ1n) is 4.16. The van der Waals surface area contributed by atoms with Crippen LogP contribution in [0.3, 0.4) is 0 Å². The van der Waals surface area contributed by atoms with Gasteiger partial charge in [-0.3, -0.25) is 14.4 Å². The van der Waals surface area contributed by atoms with Crippen LogP contribution in [0.5, 0.6) is 0 Å². The van der Waals surface area contributed by atoms with E-state index in [0.717, 1.165) is 18.2 Å². The molecule has 1 N–H and O–H groups in total. The van der Waals surface area contributed by atoms with Crippen molar-refractivity contribution in [2.45, 2.75) is 6.42 Å². The van der Waals surface area contributed by atoms with Crippen molar-refractivity contribution in [2.24, 2.45) is 0 Å². The Morgan fingerprint density at radius 1 is 1.31 bits per heavy atom. The largest absolute Gasteiger partial charge is 0.481 e. The Kier molecular flexibility index (Phi) is 3.73. The second-order valence-electron chi connectivity index (χ2n) is 2.95. The molecule has 0 aliphatic carbocycles. The topological polar surface area (TPSA) is 71.4 Å². The fourth-order valence-electron chi connectivity index (χ4n) is 1.02. The molecule has 0 amide bonds. The lowest BCUT2D eigenvalue weighted by molar-refractivity contribution is -0.139. The minimum Gasteiger partial charge on any atom is -0.481 e. The molecule has 84 valence electrons. The van der Waals surface area contributed by atoms with E-state index in [1.807, 2.05) is 0 Å². The molecule has 0 heterocycles. The highest BCUT2D eigenvalue weighted by Crippen LogP contribution is 2.16. The van der Waals surface area contributed by atoms with Gasteiger partial charge in [0.15, 0.2) is 0 Å². The molecule has 0 fully saturated rings. The van der Waals surface area contributed by atoms with E-state index in [4.69, 9.17) is 16.7 Å². The first-order valence-corrected chi connectivity index (χ1v) is 4.54. The minimum atomic E-state index is -1.40. The number of rotatable bonds is 4. The van der Waals surface area contributed by atoms with Gasteiger partial charge in [-0.05, 0) is 18.2 Å². The van der Waals surface area contributed by atoms with E-state index in [9.17, 15) is 18.8 Å². The predicted molar refractivity (Wildman–Crippen MR) is 53.0 cm³/mol. The molecule has 0 bridgehead atoms. The van der Waals surface area contributed by atoms with E-state index in [0.29, 0.717) is 0 Å². The summed E-state index contributed by atoms with van der Waals surface area (Å²) >= 11 is 5.41. The maximum atomic E-state index is 12.8. The van der Waals surface area contributed by atoms with Crippen molar-refractivity contribution in [2.75, 3.05) is 0 Å². The molecule has 0 atom stereocenters. The summed E-state index contributed by atoms with van der Waals surface area (Å²) < 4.78 is 12.8. The van der Waals surface area contributed by atoms with Gasteiger partial charge >= 0.3 is 5.97 Å². The Morgan fingerprint density at radius 2 is 1.94 bits per heavy atom. The molecule has 0 aliphatic rings. The molecule has 1 aromatic rings. The van der Waals surface area contributed by atoms with Crippen molar-refractivity contribution >= 4 is 29.1 Å². The Bertz CT molecular complexity index is 470. The molecule has 16 heavy (non-hydrogen) atoms. The van der Waals surface area contributed by atoms with Crippen LogP contribution in [-0.4, -0.2) is 22.6 Å². The van der Waals surface area contributed by atoms with Crippen molar-refractivity contribution in [1.29, 1.82) is 0 Å². The van der Waals surface area contributed by atoms with Crippen LogP contribution in [0, 0.1) is 5.82 Å². The second-order valence-corrected chi connectivity index (χ2v) is 3.36. The molecule has 0 spiro atoms. The molecule has 0 aliphatic heterocycles. The Balaban J connectivity index is 2.92. The van der Waals surface area contributed by atoms with Gasteiger partial charge in [-0.15, -0.1) is 0 Å². The fourth-order valence-corrected chi connectivity index (χ4v) is 1.20. The van der Waals surface area contributed by atoms with Gasteiger partial charge < -0.3 is 5.11 Å². The number of hydrogen-bond donors (Lipinski definition) is 1. The smallest absolute Gasteiger partial charge is 0.311 e. The van der Waals surface area contributed by atoms with E-state index in [2.05, 4.69) is 0 Å². The van der Waals surface area contributed by atoms with Crippen LogP contribution in [0.1, 0.15) is 16.8 Å². The average Bonchev–Trinajstić information content (AvgIpc) is 2.20. The van der Waals surface area contributed by atoms with Crippen molar-refractivity contribution in [1.82, 2.24) is 0 Å². The van der Waals surface area contributed by atoms with Crippen LogP contribution >= 0.6 is 11.6 Å². The summed E-state index contributed by atoms with van der Waals surface area (Å²) in [6, 6.07) is 2.99. The average molecular weight is 245 g/mol. The summed E-state index contributed by atoms with van der Waals surface area (Å²) in [5, 5.41) is 8.02. The van der Waals surface area contributed by atoms with Crippen LogP contribution in [0.4, 0.5) is 4.39 Å². The Hall–Kier alpha value is -1.75. The third-order valence-electron chi connectivity index (χ3n) is 1.75. The van der Waals surface area contributed by atoms with E-state index in [1.165, 1.54) is 0 Å². The number of hydrogen-bond acceptors (Lipinski definition) is 3. The van der Waals surface area contributed by atoms with Gasteiger partial charge in [0.1, 0.15) is 12.2 Å². The van der Waals surface area contributed by atoms with Crippen LogP contribution in [0.15, 0.2) is 18.2 Å². The maximum Gasteiger partial charge on any atom is 0.311 e. The van der Waals surface area contributed by atoms with Gasteiger partial charge in [0, 0.05) is 5.56 Å². The van der Waals surface area contributed by atoms with Gasteiger partial charge in [0.05, 0.1) is 5.02 Å². The van der Waals surface area contributed by atoms with Crippen LogP contribution < -0.4 is 0 Å². The van der Waals surface area contributed by atoms with Crippen molar-refractivity contribution in [3.05, 3.63) is 34.6 Å². The number of halogens is 2. The molecular formula is C10H6ClFO4. The SMILES string of the molecule is O=C(O)CC(=O)C(=O)c1ccc(F)c(Cl)c1. The Labute approximate surface area is 94.6 Å². The molecular weight excluding hydrogens is 239 g/mol. The lowest BCUT2D eigenvalue weighted by Gasteiger charge is -1.99. The zero-order valence-electron chi connectivity index (χ0n) is 7.87. The minimum absolute atomic E-state index is 0.127. The first kappa shape index (κ1) is 12.3. The van der Waals surface area contributed by atoms with E-state index in [1.54, 1.807) is 0 Å². The molecule has 0 saturated carbocycles. The van der Waals surface area contributed by atoms with Gasteiger partial charge in [-0.2, -0.15) is 0 Å². The highest BCUT2D eigenvalue weighted by atomic mass is 35.5. The predicted octanol–water partition coefficient (Wildman–Crippen LogP) is 1.71. The van der Waals surface area contributed by atoms with Gasteiger partial charge in [-0.25, -0.2) is 4.39 Å². The summed E-state index contributed by atoms with van der Waals surface area (Å²) in [4.78, 5) is 32.6. The standard InChI is InChI=1S/C10H6ClFO4/c11-6-3-5(1-2-7(6)12)10(16)8(13)4-9(14)15/h1-3H,4H2,(H,14,15). The van der Waals surface area contributed by atoms with Gasteiger partial charge in [0.2, 0.25) is 11.6 Å². The molecule has 1 aromatic carbocycles. The molecule has 0 saturated heterocycles. The zero-order chi connectivity index (χ0) is 12.3. The van der Waals surface area contributed by atoms with Gasteiger partial charge in [-0.1, -0.05) is 11.6 Å². The van der Waals surface area contributed by atoms with E-state index < -0.39 is 29.8 Å². The number of carbonyl (C=O) groups is 3. The third kappa shape index (κ3) is 2.87. The monoisotopic (exact) mass is 244 g/mol. The van der Waals surface area contributed by atoms with Crippen LogP contribution in [0.2, 0.25) is 5.02 Å². The molecule has 1 rings (SSSR count). The van der Waals surface area contributed by atoms with Crippen molar-refractivity contribution in [3.8, 4) is 0 Å². The number of aliphatic carboxylic acids is 1. The van der Waals surface area contributed by atoms with Crippen molar-refractivity contribution in [3.63, 3.8) is 0 Å². The van der Waals surface area contributed by atoms with Gasteiger partial charge in [0.25, 0.3) is 0 Å². The summed E-state index contributed by atoms with van der Waals surface area (Å²) in [7, 11) is 0. The Morgan fingerprint density at radius 3 is 2.44 bits per heavy atom. The number of Topliss-reactive ketones (excluding diaryl/α,β-unsaturated/α-hetero) is 2. The highest BCUT2D eigenvalue weighted by Gasteiger charge is 2.19. The molecule has 0 radical (unpaired) electrons. The number of carbonyl (C=O) groups excluding carboxylic acids is 2. The lowest BCUT2D eigenvalue weighted by Crippen LogP contribution is -2.17. The number of carboxylic acid groups (broad SMARTS) is 1. The second kappa shape index (κ2) is 4.85. The number of ketones is 2. The summed E-state index contributed by atoms with van der Waals surface area (Å²) in [6.45, 7) is 0. The maximum absolute atomic E-state index is 12.8. The number of carboxylic acids is 1. The summed E-state index contributed by atoms with van der Waals surface area (Å²) in [5.41, 5.74) is -0.127. The quantitative estimate of drug-likeness (QED) is 0.497. The zero-order valence-corrected chi connectivity index (χ0v) is 8.62. The first-order chi connectivity index (χ1) is 7.41. The van der Waals surface area contributed by atoms with Crippen molar-refractivity contribution < 1.29 is 23.9 Å². The summed E-state index contributed by atoms with van der Waals surface area (Å²) in [5.74, 6) is -4.19. The fraction of sp³-hybridized carbons (Fsp3) is 0.100. The lowest BCUT2D eigenvalue weighted by atomic mass is 10.1. The van der Waals surface area contributed by atoms with Crippen LogP contribution in [-0.2, 0) is 9.59 Å². The third-order valence-corrected chi connectivity index (χ3v) is 2.04. The summed E-state index contributed by atoms with van der Waals surface area (Å²) in [6.07, 6.45) is -0.895. The number of benzene rings is 1. The van der Waals surface area contributed by atoms with E-state index in [-0.39, 0.29) is 10.6 Å². The normalized spacial score (nSPS) is 9.88.